The molecule has 1 unspecified atom stereocenters. The first kappa shape index (κ1) is 23.2. The molecule has 0 aliphatic carbocycles. The summed E-state index contributed by atoms with van der Waals surface area (Å²) in [5.41, 5.74) is 4.00. The van der Waals surface area contributed by atoms with E-state index in [0.29, 0.717) is 17.9 Å². The summed E-state index contributed by atoms with van der Waals surface area (Å²) in [6.07, 6.45) is 0.375. The summed E-state index contributed by atoms with van der Waals surface area (Å²) < 4.78 is 12.1. The molecule has 0 radical (unpaired) electrons. The van der Waals surface area contributed by atoms with Gasteiger partial charge in [-0.2, -0.15) is 0 Å². The van der Waals surface area contributed by atoms with E-state index >= 15 is 0 Å². The monoisotopic (exact) mass is 457 g/mol. The van der Waals surface area contributed by atoms with Crippen molar-refractivity contribution in [3.63, 3.8) is 0 Å². The molecule has 3 aromatic carbocycles. The van der Waals surface area contributed by atoms with Crippen LogP contribution in [0.15, 0.2) is 77.2 Å². The van der Waals surface area contributed by atoms with Crippen LogP contribution in [0.1, 0.15) is 55.1 Å². The molecular weight excluding hydrogens is 430 g/mol. The van der Waals surface area contributed by atoms with Gasteiger partial charge in [-0.25, -0.2) is 4.98 Å². The Balaban J connectivity index is 1.44. The molecule has 6 nitrogen and oxygen atoms in total. The van der Waals surface area contributed by atoms with Gasteiger partial charge in [0.05, 0.1) is 0 Å². The molecule has 174 valence electrons. The molecule has 1 atom stereocenters. The van der Waals surface area contributed by atoms with Gasteiger partial charge >= 0.3 is 5.97 Å². The maximum absolute atomic E-state index is 12.3. The van der Waals surface area contributed by atoms with E-state index < -0.39 is 5.97 Å². The van der Waals surface area contributed by atoms with Gasteiger partial charge in [0.15, 0.2) is 11.4 Å². The number of aromatic nitrogens is 1. The maximum Gasteiger partial charge on any atom is 0.303 e. The smallest absolute Gasteiger partial charge is 0.303 e. The Morgan fingerprint density at radius 3 is 2.29 bits per heavy atom. The second kappa shape index (κ2) is 10.3. The molecule has 34 heavy (non-hydrogen) atoms. The average Bonchev–Trinajstić information content (AvgIpc) is 3.27. The Bertz CT molecular complexity index is 1240. The minimum Gasteiger partial charge on any atom is -0.485 e. The molecule has 0 fully saturated rings. The van der Waals surface area contributed by atoms with E-state index in [1.165, 1.54) is 0 Å². The number of carboxylic acid groups (broad SMARTS) is 1. The first-order chi connectivity index (χ1) is 16.4. The molecule has 1 heterocycles. The van der Waals surface area contributed by atoms with E-state index in [4.69, 9.17) is 14.3 Å². The number of benzene rings is 3. The molecule has 0 spiro atoms. The fourth-order valence-corrected chi connectivity index (χ4v) is 3.81. The van der Waals surface area contributed by atoms with Crippen molar-refractivity contribution in [2.75, 3.05) is 0 Å². The number of aliphatic carboxylic acids is 1. The van der Waals surface area contributed by atoms with Gasteiger partial charge in [-0.3, -0.25) is 9.59 Å². The molecule has 1 aromatic heterocycles. The zero-order chi connectivity index (χ0) is 24.1. The maximum atomic E-state index is 12.3. The highest BCUT2D eigenvalue weighted by Gasteiger charge is 2.19. The van der Waals surface area contributed by atoms with E-state index in [-0.39, 0.29) is 30.6 Å². The number of hydrogen-bond acceptors (Lipinski definition) is 5. The van der Waals surface area contributed by atoms with Gasteiger partial charge in [0.1, 0.15) is 17.4 Å². The van der Waals surface area contributed by atoms with E-state index in [9.17, 15) is 9.59 Å². The van der Waals surface area contributed by atoms with Crippen LogP contribution in [-0.2, 0) is 4.79 Å². The van der Waals surface area contributed by atoms with Crippen molar-refractivity contribution in [1.29, 1.82) is 0 Å². The van der Waals surface area contributed by atoms with E-state index in [2.05, 4.69) is 18.8 Å². The molecule has 4 aromatic rings. The van der Waals surface area contributed by atoms with E-state index in [1.54, 1.807) is 12.1 Å². The lowest BCUT2D eigenvalue weighted by atomic mass is 9.96. The number of rotatable bonds is 10. The first-order valence-corrected chi connectivity index (χ1v) is 11.4. The second-order valence-corrected chi connectivity index (χ2v) is 8.59. The summed E-state index contributed by atoms with van der Waals surface area (Å²) in [5.74, 6) is 0.560. The third-order valence-electron chi connectivity index (χ3n) is 5.62. The van der Waals surface area contributed by atoms with Crippen molar-refractivity contribution in [2.45, 2.75) is 39.2 Å². The van der Waals surface area contributed by atoms with Gasteiger partial charge < -0.3 is 14.3 Å². The molecule has 6 heteroatoms. The summed E-state index contributed by atoms with van der Waals surface area (Å²) in [5, 5.41) is 8.74. The quantitative estimate of drug-likeness (QED) is 0.266. The summed E-state index contributed by atoms with van der Waals surface area (Å²) in [6.45, 7) is 4.17. The fourth-order valence-electron chi connectivity index (χ4n) is 3.81. The highest BCUT2D eigenvalue weighted by molar-refractivity contribution is 5.96. The number of ketones is 1. The molecule has 0 amide bonds. The summed E-state index contributed by atoms with van der Waals surface area (Å²) in [7, 11) is 0. The lowest BCUT2D eigenvalue weighted by molar-refractivity contribution is -0.137. The Hall–Kier alpha value is -3.93. The van der Waals surface area contributed by atoms with Crippen LogP contribution in [-0.4, -0.2) is 21.8 Å². The molecule has 0 saturated carbocycles. The Labute approximate surface area is 198 Å². The van der Waals surface area contributed by atoms with Gasteiger partial charge in [0, 0.05) is 24.0 Å². The van der Waals surface area contributed by atoms with Gasteiger partial charge in [-0.15, -0.1) is 0 Å². The van der Waals surface area contributed by atoms with Crippen LogP contribution in [0, 0.1) is 5.92 Å². The first-order valence-electron chi connectivity index (χ1n) is 11.4. The average molecular weight is 458 g/mol. The normalized spacial score (nSPS) is 12.1. The standard InChI is InChI=1S/C28H27NO5/c1-18(2)27(20-12-10-19(11-13-20)24(30)7-5-9-26(31)32)33-22-16-14-21(15-17-22)28-29-23-6-3-4-8-25(23)34-28/h3-4,6,8,10-18,27H,5,7,9H2,1-2H3,(H,31,32). The number of carboxylic acids is 1. The lowest BCUT2D eigenvalue weighted by Crippen LogP contribution is -2.14. The molecule has 0 aliphatic rings. The van der Waals surface area contributed by atoms with Gasteiger partial charge in [0.2, 0.25) is 5.89 Å². The highest BCUT2D eigenvalue weighted by atomic mass is 16.5. The Morgan fingerprint density at radius 2 is 1.65 bits per heavy atom. The predicted molar refractivity (Wildman–Crippen MR) is 130 cm³/mol. The van der Waals surface area contributed by atoms with Crippen LogP contribution >= 0.6 is 0 Å². The van der Waals surface area contributed by atoms with Gasteiger partial charge in [0.25, 0.3) is 0 Å². The summed E-state index contributed by atoms with van der Waals surface area (Å²) in [6, 6.07) is 22.7. The van der Waals surface area contributed by atoms with Crippen LogP contribution in [0.2, 0.25) is 0 Å². The predicted octanol–water partition coefficient (Wildman–Crippen LogP) is 6.71. The molecule has 1 N–H and O–H groups in total. The van der Waals surface area contributed by atoms with Crippen LogP contribution < -0.4 is 4.74 Å². The molecule has 0 bridgehead atoms. The molecule has 4 rings (SSSR count). The van der Waals surface area contributed by atoms with Crippen LogP contribution in [0.3, 0.4) is 0 Å². The molecular formula is C28H27NO5. The fraction of sp³-hybridized carbons (Fsp3) is 0.250. The number of ether oxygens (including phenoxy) is 1. The lowest BCUT2D eigenvalue weighted by Gasteiger charge is -2.23. The van der Waals surface area contributed by atoms with Crippen LogP contribution in [0.5, 0.6) is 5.75 Å². The number of hydrogen-bond donors (Lipinski definition) is 1. The summed E-state index contributed by atoms with van der Waals surface area (Å²) in [4.78, 5) is 27.5. The molecule has 0 saturated heterocycles. The third-order valence-corrected chi connectivity index (χ3v) is 5.62. The van der Waals surface area contributed by atoms with Crippen LogP contribution in [0.25, 0.3) is 22.6 Å². The van der Waals surface area contributed by atoms with Crippen molar-refractivity contribution in [2.24, 2.45) is 5.92 Å². The van der Waals surface area contributed by atoms with Crippen molar-refractivity contribution in [3.8, 4) is 17.2 Å². The minimum absolute atomic E-state index is 0.00170. The zero-order valence-electron chi connectivity index (χ0n) is 19.2. The number of Topliss-reactive ketones (excluding diaryl/α,β-unsaturated/α-hetero) is 1. The highest BCUT2D eigenvalue weighted by Crippen LogP contribution is 2.31. The second-order valence-electron chi connectivity index (χ2n) is 8.59. The van der Waals surface area contributed by atoms with E-state index in [1.807, 2.05) is 60.7 Å². The third kappa shape index (κ3) is 5.52. The minimum atomic E-state index is -0.887. The number of carbonyl (C=O) groups is 2. The van der Waals surface area contributed by atoms with Crippen molar-refractivity contribution in [3.05, 3.63) is 83.9 Å². The van der Waals surface area contributed by atoms with Crippen molar-refractivity contribution in [1.82, 2.24) is 4.98 Å². The van der Waals surface area contributed by atoms with Crippen molar-refractivity contribution < 1.29 is 23.8 Å². The number of para-hydroxylation sites is 2. The van der Waals surface area contributed by atoms with Crippen molar-refractivity contribution >= 4 is 22.9 Å². The zero-order valence-corrected chi connectivity index (χ0v) is 19.2. The Morgan fingerprint density at radius 1 is 0.941 bits per heavy atom. The molecule has 0 aliphatic heterocycles. The topological polar surface area (TPSA) is 89.6 Å². The van der Waals surface area contributed by atoms with Gasteiger partial charge in [-0.05, 0) is 54.3 Å². The number of carbonyl (C=O) groups excluding carboxylic acids is 1. The number of oxazole rings is 1. The van der Waals surface area contributed by atoms with E-state index in [0.717, 1.165) is 28.0 Å². The summed E-state index contributed by atoms with van der Waals surface area (Å²) >= 11 is 0. The van der Waals surface area contributed by atoms with Crippen LogP contribution in [0.4, 0.5) is 0 Å². The Kier molecular flexibility index (Phi) is 7.07. The number of nitrogens with zero attached hydrogens (tertiary/aromatic N) is 1. The number of fused-ring (bicyclic) bond motifs is 1. The SMILES string of the molecule is CC(C)C(Oc1ccc(-c2nc3ccccc3o2)cc1)c1ccc(C(=O)CCCC(=O)O)cc1. The van der Waals surface area contributed by atoms with Gasteiger partial charge in [-0.1, -0.05) is 50.2 Å². The largest absolute Gasteiger partial charge is 0.485 e.